The van der Waals surface area contributed by atoms with Gasteiger partial charge in [0, 0.05) is 25.0 Å². The summed E-state index contributed by atoms with van der Waals surface area (Å²) in [6, 6.07) is 1.41. The highest BCUT2D eigenvalue weighted by atomic mass is 32.2. The third-order valence-electron chi connectivity index (χ3n) is 2.44. The molecule has 0 aromatic carbocycles. The average Bonchev–Trinajstić information content (AvgIpc) is 2.74. The second kappa shape index (κ2) is 6.21. The van der Waals surface area contributed by atoms with Crippen LogP contribution in [0.3, 0.4) is 0 Å². The van der Waals surface area contributed by atoms with Crippen LogP contribution in [-0.4, -0.2) is 39.5 Å². The van der Waals surface area contributed by atoms with Crippen molar-refractivity contribution in [3.05, 3.63) is 16.3 Å². The Hall–Kier alpha value is -0.640. The molecule has 0 aliphatic carbocycles. The van der Waals surface area contributed by atoms with Gasteiger partial charge in [-0.15, -0.1) is 11.3 Å². The first kappa shape index (κ1) is 16.4. The van der Waals surface area contributed by atoms with Crippen LogP contribution < -0.4 is 5.32 Å². The van der Waals surface area contributed by atoms with E-state index in [0.717, 1.165) is 11.4 Å². The smallest absolute Gasteiger partial charge is 0.315 e. The van der Waals surface area contributed by atoms with Gasteiger partial charge < -0.3 is 5.32 Å². The van der Waals surface area contributed by atoms with E-state index in [1.807, 2.05) is 0 Å². The summed E-state index contributed by atoms with van der Waals surface area (Å²) in [4.78, 5) is 0.651. The molecule has 0 aliphatic heterocycles. The fraction of sp³-hybridized carbons (Fsp3) is 0.600. The number of sulfonamides is 1. The van der Waals surface area contributed by atoms with E-state index in [9.17, 15) is 21.6 Å². The first-order chi connectivity index (χ1) is 8.68. The molecular formula is C10H15F3N2O2S2. The predicted octanol–water partition coefficient (Wildman–Crippen LogP) is 2.04. The molecule has 0 bridgehead atoms. The standard InChI is InChI=1S/C10H15F3N2O2S2/c1-14-7-8-9(3-6-18-8)19(16,17)15(2)5-4-10(11,12)13/h3,6,14H,4-5,7H2,1-2H3. The van der Waals surface area contributed by atoms with Gasteiger partial charge in [-0.2, -0.15) is 13.2 Å². The van der Waals surface area contributed by atoms with Crippen molar-refractivity contribution in [2.24, 2.45) is 0 Å². The minimum Gasteiger partial charge on any atom is -0.315 e. The van der Waals surface area contributed by atoms with Crippen molar-refractivity contribution in [1.82, 2.24) is 9.62 Å². The summed E-state index contributed by atoms with van der Waals surface area (Å²) < 4.78 is 61.4. The Balaban J connectivity index is 2.87. The van der Waals surface area contributed by atoms with E-state index in [2.05, 4.69) is 5.32 Å². The molecule has 0 atom stereocenters. The van der Waals surface area contributed by atoms with Crippen molar-refractivity contribution in [2.45, 2.75) is 24.0 Å². The summed E-state index contributed by atoms with van der Waals surface area (Å²) in [6.07, 6.45) is -5.53. The first-order valence-electron chi connectivity index (χ1n) is 5.42. The van der Waals surface area contributed by atoms with Crippen LogP contribution in [0.15, 0.2) is 16.3 Å². The number of nitrogens with one attached hydrogen (secondary N) is 1. The highest BCUT2D eigenvalue weighted by molar-refractivity contribution is 7.89. The van der Waals surface area contributed by atoms with Crippen LogP contribution in [0.1, 0.15) is 11.3 Å². The normalized spacial score (nSPS) is 13.2. The minimum absolute atomic E-state index is 0.0662. The van der Waals surface area contributed by atoms with Gasteiger partial charge in [0.05, 0.1) is 11.3 Å². The molecule has 110 valence electrons. The van der Waals surface area contributed by atoms with Crippen LogP contribution in [0.2, 0.25) is 0 Å². The average molecular weight is 316 g/mol. The van der Waals surface area contributed by atoms with Gasteiger partial charge in [-0.3, -0.25) is 0 Å². The zero-order chi connectivity index (χ0) is 14.7. The lowest BCUT2D eigenvalue weighted by Crippen LogP contribution is -2.31. The van der Waals surface area contributed by atoms with Crippen LogP contribution in [0, 0.1) is 0 Å². The molecule has 0 amide bonds. The summed E-state index contributed by atoms with van der Waals surface area (Å²) in [5, 5.41) is 4.43. The second-order valence-corrected chi connectivity index (χ2v) is 6.94. The van der Waals surface area contributed by atoms with Crippen molar-refractivity contribution in [3.63, 3.8) is 0 Å². The largest absolute Gasteiger partial charge is 0.390 e. The van der Waals surface area contributed by atoms with Gasteiger partial charge in [0.15, 0.2) is 0 Å². The second-order valence-electron chi connectivity index (χ2n) is 3.93. The van der Waals surface area contributed by atoms with E-state index in [1.54, 1.807) is 12.4 Å². The zero-order valence-electron chi connectivity index (χ0n) is 10.5. The summed E-state index contributed by atoms with van der Waals surface area (Å²) in [7, 11) is -1.04. The van der Waals surface area contributed by atoms with Gasteiger partial charge in [0.25, 0.3) is 0 Å². The fourth-order valence-corrected chi connectivity index (χ4v) is 4.01. The number of rotatable bonds is 6. The lowest BCUT2D eigenvalue weighted by atomic mass is 10.4. The molecule has 0 fully saturated rings. The molecule has 1 aromatic rings. The molecule has 0 spiro atoms. The Morgan fingerprint density at radius 2 is 2.05 bits per heavy atom. The Morgan fingerprint density at radius 1 is 1.42 bits per heavy atom. The molecule has 19 heavy (non-hydrogen) atoms. The molecule has 0 radical (unpaired) electrons. The van der Waals surface area contributed by atoms with Gasteiger partial charge in [-0.25, -0.2) is 12.7 Å². The van der Waals surface area contributed by atoms with E-state index < -0.39 is 29.2 Å². The summed E-state index contributed by atoms with van der Waals surface area (Å²) in [5.41, 5.74) is 0. The molecular weight excluding hydrogens is 301 g/mol. The minimum atomic E-state index is -4.37. The number of hydrogen-bond acceptors (Lipinski definition) is 4. The van der Waals surface area contributed by atoms with Crippen molar-refractivity contribution in [2.75, 3.05) is 20.6 Å². The molecule has 0 unspecified atom stereocenters. The molecule has 1 rings (SSSR count). The highest BCUT2D eigenvalue weighted by Crippen LogP contribution is 2.26. The lowest BCUT2D eigenvalue weighted by Gasteiger charge is -2.18. The number of halogens is 3. The van der Waals surface area contributed by atoms with Crippen LogP contribution in [0.25, 0.3) is 0 Å². The SMILES string of the molecule is CNCc1sccc1S(=O)(=O)N(C)CCC(F)(F)F. The zero-order valence-corrected chi connectivity index (χ0v) is 12.1. The van der Waals surface area contributed by atoms with Crippen LogP contribution in [0.4, 0.5) is 13.2 Å². The molecule has 4 nitrogen and oxygen atoms in total. The van der Waals surface area contributed by atoms with E-state index in [0.29, 0.717) is 11.4 Å². The number of hydrogen-bond donors (Lipinski definition) is 1. The Bertz CT molecular complexity index is 511. The van der Waals surface area contributed by atoms with Crippen molar-refractivity contribution in [1.29, 1.82) is 0 Å². The van der Waals surface area contributed by atoms with Crippen molar-refractivity contribution in [3.8, 4) is 0 Å². The van der Waals surface area contributed by atoms with E-state index in [4.69, 9.17) is 0 Å². The van der Waals surface area contributed by atoms with Crippen LogP contribution in [0.5, 0.6) is 0 Å². The topological polar surface area (TPSA) is 49.4 Å². The Morgan fingerprint density at radius 3 is 2.58 bits per heavy atom. The number of alkyl halides is 3. The van der Waals surface area contributed by atoms with Gasteiger partial charge in [-0.05, 0) is 18.5 Å². The quantitative estimate of drug-likeness (QED) is 0.874. The monoisotopic (exact) mass is 316 g/mol. The van der Waals surface area contributed by atoms with Gasteiger partial charge in [-0.1, -0.05) is 0 Å². The van der Waals surface area contributed by atoms with Crippen molar-refractivity contribution >= 4 is 21.4 Å². The van der Waals surface area contributed by atoms with E-state index in [-0.39, 0.29) is 4.90 Å². The lowest BCUT2D eigenvalue weighted by molar-refractivity contribution is -0.135. The summed E-state index contributed by atoms with van der Waals surface area (Å²) in [5.74, 6) is 0. The van der Waals surface area contributed by atoms with E-state index >= 15 is 0 Å². The predicted molar refractivity (Wildman–Crippen MR) is 67.6 cm³/mol. The van der Waals surface area contributed by atoms with Crippen LogP contribution in [-0.2, 0) is 16.6 Å². The van der Waals surface area contributed by atoms with Crippen molar-refractivity contribution < 1.29 is 21.6 Å². The molecule has 0 saturated heterocycles. The first-order valence-corrected chi connectivity index (χ1v) is 7.74. The number of thiophene rings is 1. The maximum absolute atomic E-state index is 12.1. The van der Waals surface area contributed by atoms with Gasteiger partial charge in [0.2, 0.25) is 10.0 Å². The number of nitrogens with zero attached hydrogens (tertiary/aromatic N) is 1. The maximum atomic E-state index is 12.1. The van der Waals surface area contributed by atoms with Gasteiger partial charge in [0.1, 0.15) is 0 Å². The summed E-state index contributed by atoms with van der Waals surface area (Å²) >= 11 is 1.25. The summed E-state index contributed by atoms with van der Waals surface area (Å²) in [6.45, 7) is -0.222. The molecule has 1 aromatic heterocycles. The molecule has 9 heteroatoms. The highest BCUT2D eigenvalue weighted by Gasteiger charge is 2.31. The molecule has 1 N–H and O–H groups in total. The maximum Gasteiger partial charge on any atom is 0.390 e. The third kappa shape index (κ3) is 4.44. The molecule has 0 aliphatic rings. The van der Waals surface area contributed by atoms with Gasteiger partial charge >= 0.3 is 6.18 Å². The van der Waals surface area contributed by atoms with E-state index in [1.165, 1.54) is 17.4 Å². The Kier molecular flexibility index (Phi) is 5.36. The molecule has 0 saturated carbocycles. The Labute approximate surface area is 114 Å². The van der Waals surface area contributed by atoms with Crippen LogP contribution >= 0.6 is 11.3 Å². The third-order valence-corrected chi connectivity index (χ3v) is 5.43. The molecule has 1 heterocycles. The fourth-order valence-electron chi connectivity index (χ4n) is 1.42.